The van der Waals surface area contributed by atoms with E-state index in [0.29, 0.717) is 5.56 Å². The van der Waals surface area contributed by atoms with E-state index in [1.54, 1.807) is 6.07 Å². The van der Waals surface area contributed by atoms with Gasteiger partial charge in [0.1, 0.15) is 0 Å². The van der Waals surface area contributed by atoms with Crippen molar-refractivity contribution >= 4 is 25.2 Å². The van der Waals surface area contributed by atoms with Crippen LogP contribution < -0.4 is 10.9 Å². The monoisotopic (exact) mass is 240 g/mol. The minimum absolute atomic E-state index is 0.123. The predicted molar refractivity (Wildman–Crippen MR) is 70.5 cm³/mol. The molecule has 2 aromatic carbocycles. The fraction of sp³-hybridized carbons (Fsp3) is 0. The molecule has 6 heteroatoms. The van der Waals surface area contributed by atoms with Crippen molar-refractivity contribution in [2.24, 2.45) is 0 Å². The predicted octanol–water partition coefficient (Wildman–Crippen LogP) is -1.31. The highest BCUT2D eigenvalue weighted by Gasteiger charge is 2.33. The van der Waals surface area contributed by atoms with Crippen molar-refractivity contribution in [3.05, 3.63) is 36.4 Å². The van der Waals surface area contributed by atoms with Crippen LogP contribution in [-0.2, 0) is 0 Å². The zero-order chi connectivity index (χ0) is 12.9. The fourth-order valence-electron chi connectivity index (χ4n) is 2.53. The Morgan fingerprint density at radius 2 is 1.33 bits per heavy atom. The third kappa shape index (κ3) is 1.44. The summed E-state index contributed by atoms with van der Waals surface area (Å²) in [6, 6.07) is 10.9. The molecule has 0 aliphatic heterocycles. The minimum Gasteiger partial charge on any atom is -0.423 e. The lowest BCUT2D eigenvalue weighted by molar-refractivity contribution is 0.419. The van der Waals surface area contributed by atoms with Crippen LogP contribution in [0, 0.1) is 0 Å². The first-order valence-electron chi connectivity index (χ1n) is 5.60. The maximum absolute atomic E-state index is 9.45. The van der Waals surface area contributed by atoms with Gasteiger partial charge in [-0.25, -0.2) is 0 Å². The van der Waals surface area contributed by atoms with Gasteiger partial charge < -0.3 is 20.1 Å². The van der Waals surface area contributed by atoms with Gasteiger partial charge in [0.25, 0.3) is 0 Å². The van der Waals surface area contributed by atoms with Gasteiger partial charge in [0, 0.05) is 0 Å². The molecule has 88 valence electrons. The number of benzene rings is 2. The highest BCUT2D eigenvalue weighted by molar-refractivity contribution is 6.73. The molecule has 4 N–H and O–H groups in total. The Bertz CT molecular complexity index is 625. The van der Waals surface area contributed by atoms with Crippen LogP contribution in [0.3, 0.4) is 0 Å². The molecular weight excluding hydrogens is 230 g/mol. The van der Waals surface area contributed by atoms with Crippen LogP contribution in [0.1, 0.15) is 0 Å². The summed E-state index contributed by atoms with van der Waals surface area (Å²) >= 11 is 0. The molecule has 0 radical (unpaired) electrons. The second-order valence-corrected chi connectivity index (χ2v) is 4.28. The Balaban J connectivity index is 2.26. The van der Waals surface area contributed by atoms with Gasteiger partial charge >= 0.3 is 14.2 Å². The fourth-order valence-corrected chi connectivity index (χ4v) is 2.53. The minimum atomic E-state index is -1.73. The van der Waals surface area contributed by atoms with Crippen molar-refractivity contribution in [2.75, 3.05) is 0 Å². The zero-order valence-corrected chi connectivity index (χ0v) is 9.41. The molecule has 0 saturated carbocycles. The van der Waals surface area contributed by atoms with Crippen LogP contribution in [0.4, 0.5) is 0 Å². The molecule has 4 nitrogen and oxygen atoms in total. The second-order valence-electron chi connectivity index (χ2n) is 4.28. The molecule has 0 amide bonds. The molecule has 2 aromatic rings. The molecule has 1 aliphatic rings. The summed E-state index contributed by atoms with van der Waals surface area (Å²) in [5.74, 6) is 0. The molecular formula is C12H10B2O4. The third-order valence-corrected chi connectivity index (χ3v) is 3.30. The van der Waals surface area contributed by atoms with Gasteiger partial charge in [-0.15, -0.1) is 0 Å². The number of hydrogen-bond donors (Lipinski definition) is 4. The van der Waals surface area contributed by atoms with E-state index in [-0.39, 0.29) is 10.9 Å². The molecule has 0 heterocycles. The van der Waals surface area contributed by atoms with Gasteiger partial charge in [0.05, 0.1) is 0 Å². The summed E-state index contributed by atoms with van der Waals surface area (Å²) < 4.78 is 0. The smallest absolute Gasteiger partial charge is 0.423 e. The van der Waals surface area contributed by atoms with Crippen LogP contribution in [0.5, 0.6) is 0 Å². The van der Waals surface area contributed by atoms with Gasteiger partial charge in [-0.1, -0.05) is 36.4 Å². The third-order valence-electron chi connectivity index (χ3n) is 3.30. The van der Waals surface area contributed by atoms with Crippen molar-refractivity contribution in [1.29, 1.82) is 0 Å². The maximum Gasteiger partial charge on any atom is 0.488 e. The Morgan fingerprint density at radius 3 is 1.94 bits per heavy atom. The summed E-state index contributed by atoms with van der Waals surface area (Å²) in [5.41, 5.74) is 3.82. The van der Waals surface area contributed by atoms with Crippen LogP contribution >= 0.6 is 0 Å². The standard InChI is InChI=1S/C12H10B2O4/c15-13(16)10-6-5-9-7-3-1-2-4-8(7)11(9)12(10)14(17)18/h1-6,15-18H. The topological polar surface area (TPSA) is 80.9 Å². The number of hydrogen-bond acceptors (Lipinski definition) is 4. The van der Waals surface area contributed by atoms with E-state index in [4.69, 9.17) is 0 Å². The normalized spacial score (nSPS) is 11.3. The number of fused-ring (bicyclic) bond motifs is 4. The van der Waals surface area contributed by atoms with E-state index in [1.807, 2.05) is 24.3 Å². The van der Waals surface area contributed by atoms with Gasteiger partial charge in [-0.3, -0.25) is 0 Å². The van der Waals surface area contributed by atoms with E-state index in [0.717, 1.165) is 16.7 Å². The summed E-state index contributed by atoms with van der Waals surface area (Å²) in [6.07, 6.45) is 0. The van der Waals surface area contributed by atoms with Gasteiger partial charge in [-0.2, -0.15) is 0 Å². The van der Waals surface area contributed by atoms with Gasteiger partial charge in [0.2, 0.25) is 0 Å². The van der Waals surface area contributed by atoms with Crippen molar-refractivity contribution in [1.82, 2.24) is 0 Å². The summed E-state index contributed by atoms with van der Waals surface area (Å²) in [7, 11) is -3.45. The average molecular weight is 240 g/mol. The van der Waals surface area contributed by atoms with E-state index in [9.17, 15) is 20.1 Å². The average Bonchev–Trinajstić information content (AvgIpc) is 2.33. The molecule has 18 heavy (non-hydrogen) atoms. The lowest BCUT2D eigenvalue weighted by Crippen LogP contribution is -2.51. The highest BCUT2D eigenvalue weighted by atomic mass is 16.4. The van der Waals surface area contributed by atoms with Crippen LogP contribution in [0.2, 0.25) is 0 Å². The van der Waals surface area contributed by atoms with Crippen LogP contribution in [0.25, 0.3) is 22.3 Å². The molecule has 0 aromatic heterocycles. The van der Waals surface area contributed by atoms with Crippen molar-refractivity contribution in [3.63, 3.8) is 0 Å². The first kappa shape index (κ1) is 11.5. The Labute approximate surface area is 104 Å². The van der Waals surface area contributed by atoms with E-state index < -0.39 is 14.2 Å². The largest absolute Gasteiger partial charge is 0.488 e. The van der Waals surface area contributed by atoms with Gasteiger partial charge in [-0.05, 0) is 33.2 Å². The molecule has 0 saturated heterocycles. The Morgan fingerprint density at radius 1 is 0.667 bits per heavy atom. The van der Waals surface area contributed by atoms with E-state index >= 15 is 0 Å². The summed E-state index contributed by atoms with van der Waals surface area (Å²) in [6.45, 7) is 0. The van der Waals surface area contributed by atoms with Gasteiger partial charge in [0.15, 0.2) is 0 Å². The van der Waals surface area contributed by atoms with E-state index in [1.165, 1.54) is 6.07 Å². The zero-order valence-electron chi connectivity index (χ0n) is 9.41. The maximum atomic E-state index is 9.45. The summed E-state index contributed by atoms with van der Waals surface area (Å²) in [4.78, 5) is 0. The first-order valence-corrected chi connectivity index (χ1v) is 5.60. The molecule has 0 spiro atoms. The number of rotatable bonds is 2. The van der Waals surface area contributed by atoms with Crippen molar-refractivity contribution in [2.45, 2.75) is 0 Å². The molecule has 1 aliphatic carbocycles. The SMILES string of the molecule is OB(O)c1ccc2c(c1B(O)O)-c1ccccc1-2. The Hall–Kier alpha value is -1.59. The van der Waals surface area contributed by atoms with Crippen LogP contribution in [0.15, 0.2) is 36.4 Å². The molecule has 0 unspecified atom stereocenters. The molecule has 0 fully saturated rings. The lowest BCUT2D eigenvalue weighted by atomic mass is 9.59. The molecule has 3 rings (SSSR count). The Kier molecular flexibility index (Phi) is 2.53. The summed E-state index contributed by atoms with van der Waals surface area (Å²) in [5, 5.41) is 37.5. The highest BCUT2D eigenvalue weighted by Crippen LogP contribution is 2.45. The molecule has 0 atom stereocenters. The first-order chi connectivity index (χ1) is 8.61. The van der Waals surface area contributed by atoms with E-state index in [2.05, 4.69) is 0 Å². The van der Waals surface area contributed by atoms with Crippen LogP contribution in [-0.4, -0.2) is 34.3 Å². The lowest BCUT2D eigenvalue weighted by Gasteiger charge is -2.28. The van der Waals surface area contributed by atoms with Crippen molar-refractivity contribution in [3.8, 4) is 22.3 Å². The quantitative estimate of drug-likeness (QED) is 0.419. The molecule has 0 bridgehead atoms. The second kappa shape index (κ2) is 3.96. The van der Waals surface area contributed by atoms with Crippen molar-refractivity contribution < 1.29 is 20.1 Å².